The minimum absolute atomic E-state index is 0.00176. The molecular formula is C10H13NO3S2. The second kappa shape index (κ2) is 4.65. The van der Waals surface area contributed by atoms with Crippen LogP contribution in [0.1, 0.15) is 0 Å². The third kappa shape index (κ3) is 2.18. The van der Waals surface area contributed by atoms with Crippen LogP contribution < -0.4 is 0 Å². The summed E-state index contributed by atoms with van der Waals surface area (Å²) in [6, 6.07) is 6.06. The zero-order valence-electron chi connectivity index (χ0n) is 8.67. The summed E-state index contributed by atoms with van der Waals surface area (Å²) in [5.41, 5.74) is 0. The molecule has 1 aliphatic rings. The number of hydrogen-bond donors (Lipinski definition) is 1. The molecular weight excluding hydrogens is 246 g/mol. The summed E-state index contributed by atoms with van der Waals surface area (Å²) in [5.74, 6) is 1.44. The maximum absolute atomic E-state index is 12.2. The fourth-order valence-electron chi connectivity index (χ4n) is 1.60. The van der Waals surface area contributed by atoms with Crippen LogP contribution in [0.15, 0.2) is 29.2 Å². The smallest absolute Gasteiger partial charge is 0.246 e. The molecule has 0 aliphatic carbocycles. The molecule has 88 valence electrons. The maximum atomic E-state index is 12.2. The van der Waals surface area contributed by atoms with Gasteiger partial charge in [0.25, 0.3) is 0 Å². The molecule has 1 heterocycles. The van der Waals surface area contributed by atoms with Crippen LogP contribution in [-0.4, -0.2) is 42.4 Å². The fraction of sp³-hybridized carbons (Fsp3) is 0.400. The average Bonchev–Trinajstić information content (AvgIpc) is 2.30. The number of rotatable bonds is 2. The molecule has 6 heteroatoms. The number of phenolic OH excluding ortho intramolecular Hbond substituents is 1. The molecule has 0 amide bonds. The lowest BCUT2D eigenvalue weighted by Crippen LogP contribution is -2.37. The van der Waals surface area contributed by atoms with Gasteiger partial charge >= 0.3 is 0 Å². The Balaban J connectivity index is 2.35. The average molecular weight is 259 g/mol. The molecule has 0 aromatic heterocycles. The van der Waals surface area contributed by atoms with Crippen LogP contribution in [0.25, 0.3) is 0 Å². The Morgan fingerprint density at radius 2 is 1.81 bits per heavy atom. The van der Waals surface area contributed by atoms with Crippen molar-refractivity contribution in [2.24, 2.45) is 0 Å². The number of benzene rings is 1. The first-order valence-corrected chi connectivity index (χ1v) is 7.58. The van der Waals surface area contributed by atoms with Gasteiger partial charge in [-0.05, 0) is 12.1 Å². The van der Waals surface area contributed by atoms with Crippen molar-refractivity contribution < 1.29 is 13.5 Å². The van der Waals surface area contributed by atoms with Gasteiger partial charge in [0.05, 0.1) is 0 Å². The Morgan fingerprint density at radius 1 is 1.19 bits per heavy atom. The first kappa shape index (κ1) is 11.8. The summed E-state index contributed by atoms with van der Waals surface area (Å²) < 4.78 is 25.8. The normalized spacial score (nSPS) is 18.5. The van der Waals surface area contributed by atoms with Gasteiger partial charge in [0.1, 0.15) is 10.6 Å². The van der Waals surface area contributed by atoms with Crippen molar-refractivity contribution in [2.75, 3.05) is 24.6 Å². The first-order chi connectivity index (χ1) is 7.62. The maximum Gasteiger partial charge on any atom is 0.246 e. The molecule has 1 aromatic carbocycles. The highest BCUT2D eigenvalue weighted by Crippen LogP contribution is 2.26. The summed E-state index contributed by atoms with van der Waals surface area (Å²) >= 11 is 1.75. The van der Waals surface area contributed by atoms with Crippen molar-refractivity contribution in [3.63, 3.8) is 0 Å². The fourth-order valence-corrected chi connectivity index (χ4v) is 4.26. The van der Waals surface area contributed by atoms with E-state index in [9.17, 15) is 13.5 Å². The number of para-hydroxylation sites is 1. The van der Waals surface area contributed by atoms with Crippen LogP contribution in [0.4, 0.5) is 0 Å². The summed E-state index contributed by atoms with van der Waals surface area (Å²) in [6.07, 6.45) is 0. The highest BCUT2D eigenvalue weighted by atomic mass is 32.2. The van der Waals surface area contributed by atoms with Crippen molar-refractivity contribution in [2.45, 2.75) is 4.90 Å². The monoisotopic (exact) mass is 259 g/mol. The molecule has 0 spiro atoms. The Labute approximate surface area is 99.3 Å². The van der Waals surface area contributed by atoms with E-state index in [1.165, 1.54) is 16.4 Å². The zero-order chi connectivity index (χ0) is 11.6. The minimum atomic E-state index is -3.52. The SMILES string of the molecule is O=S(=O)(c1ccccc1O)N1CCSCC1. The zero-order valence-corrected chi connectivity index (χ0v) is 10.3. The number of phenols is 1. The van der Waals surface area contributed by atoms with E-state index in [1.54, 1.807) is 23.9 Å². The molecule has 1 saturated heterocycles. The van der Waals surface area contributed by atoms with Crippen LogP contribution >= 0.6 is 11.8 Å². The van der Waals surface area contributed by atoms with Crippen molar-refractivity contribution in [1.29, 1.82) is 0 Å². The largest absolute Gasteiger partial charge is 0.507 e. The van der Waals surface area contributed by atoms with E-state index in [0.29, 0.717) is 13.1 Å². The van der Waals surface area contributed by atoms with Gasteiger partial charge in [-0.1, -0.05) is 12.1 Å². The third-order valence-electron chi connectivity index (χ3n) is 2.45. The molecule has 1 aliphatic heterocycles. The van der Waals surface area contributed by atoms with Crippen molar-refractivity contribution in [3.05, 3.63) is 24.3 Å². The number of sulfonamides is 1. The molecule has 0 radical (unpaired) electrons. The number of aromatic hydroxyl groups is 1. The highest BCUT2D eigenvalue weighted by Gasteiger charge is 2.27. The van der Waals surface area contributed by atoms with E-state index < -0.39 is 10.0 Å². The van der Waals surface area contributed by atoms with Gasteiger partial charge in [-0.2, -0.15) is 16.1 Å². The number of nitrogens with zero attached hydrogens (tertiary/aromatic N) is 1. The van der Waals surface area contributed by atoms with E-state index in [2.05, 4.69) is 0 Å². The van der Waals surface area contributed by atoms with Gasteiger partial charge in [-0.3, -0.25) is 0 Å². The topological polar surface area (TPSA) is 57.6 Å². The van der Waals surface area contributed by atoms with Crippen molar-refractivity contribution in [3.8, 4) is 5.75 Å². The van der Waals surface area contributed by atoms with E-state index in [1.807, 2.05) is 0 Å². The van der Waals surface area contributed by atoms with Crippen LogP contribution in [0.2, 0.25) is 0 Å². The molecule has 0 bridgehead atoms. The van der Waals surface area contributed by atoms with E-state index in [4.69, 9.17) is 0 Å². The Hall–Kier alpha value is -0.720. The second-order valence-corrected chi connectivity index (χ2v) is 6.62. The highest BCUT2D eigenvalue weighted by molar-refractivity contribution is 7.99. The van der Waals surface area contributed by atoms with E-state index >= 15 is 0 Å². The summed E-state index contributed by atoms with van der Waals surface area (Å²) in [7, 11) is -3.52. The molecule has 1 fully saturated rings. The summed E-state index contributed by atoms with van der Waals surface area (Å²) in [5, 5.41) is 9.57. The van der Waals surface area contributed by atoms with Gasteiger partial charge < -0.3 is 5.11 Å². The molecule has 0 unspecified atom stereocenters. The van der Waals surface area contributed by atoms with Crippen LogP contribution in [-0.2, 0) is 10.0 Å². The predicted octanol–water partition coefficient (Wildman–Crippen LogP) is 1.13. The van der Waals surface area contributed by atoms with Gasteiger partial charge in [0.15, 0.2) is 0 Å². The lowest BCUT2D eigenvalue weighted by molar-refractivity contribution is 0.428. The van der Waals surface area contributed by atoms with Crippen LogP contribution in [0.3, 0.4) is 0 Å². The van der Waals surface area contributed by atoms with Crippen molar-refractivity contribution >= 4 is 21.8 Å². The van der Waals surface area contributed by atoms with Crippen LogP contribution in [0.5, 0.6) is 5.75 Å². The molecule has 1 N–H and O–H groups in total. The summed E-state index contributed by atoms with van der Waals surface area (Å²) in [4.78, 5) is 0.00176. The van der Waals surface area contributed by atoms with Gasteiger partial charge in [0.2, 0.25) is 10.0 Å². The van der Waals surface area contributed by atoms with Gasteiger partial charge in [-0.25, -0.2) is 8.42 Å². The Kier molecular flexibility index (Phi) is 3.41. The Morgan fingerprint density at radius 3 is 2.44 bits per heavy atom. The molecule has 4 nitrogen and oxygen atoms in total. The Bertz CT molecular complexity index is 467. The summed E-state index contributed by atoms with van der Waals surface area (Å²) in [6.45, 7) is 1.03. The molecule has 0 saturated carbocycles. The lowest BCUT2D eigenvalue weighted by Gasteiger charge is -2.25. The quantitative estimate of drug-likeness (QED) is 0.865. The molecule has 2 rings (SSSR count). The lowest BCUT2D eigenvalue weighted by atomic mass is 10.3. The standard InChI is InChI=1S/C10H13NO3S2/c12-9-3-1-2-4-10(9)16(13,14)11-5-7-15-8-6-11/h1-4,12H,5-8H2. The van der Waals surface area contributed by atoms with Gasteiger partial charge in [0, 0.05) is 24.6 Å². The van der Waals surface area contributed by atoms with Crippen molar-refractivity contribution in [1.82, 2.24) is 4.31 Å². The predicted molar refractivity (Wildman–Crippen MR) is 64.2 cm³/mol. The van der Waals surface area contributed by atoms with E-state index in [0.717, 1.165) is 11.5 Å². The molecule has 0 atom stereocenters. The second-order valence-electron chi connectivity index (χ2n) is 3.48. The minimum Gasteiger partial charge on any atom is -0.507 e. The third-order valence-corrected chi connectivity index (χ3v) is 5.34. The molecule has 1 aromatic rings. The number of hydrogen-bond acceptors (Lipinski definition) is 4. The molecule has 16 heavy (non-hydrogen) atoms. The van der Waals surface area contributed by atoms with E-state index in [-0.39, 0.29) is 10.6 Å². The van der Waals surface area contributed by atoms with Gasteiger partial charge in [-0.15, -0.1) is 0 Å². The van der Waals surface area contributed by atoms with Crippen LogP contribution in [0, 0.1) is 0 Å². The number of thioether (sulfide) groups is 1. The first-order valence-electron chi connectivity index (χ1n) is 4.98.